The van der Waals surface area contributed by atoms with Crippen LogP contribution in [-0.4, -0.2) is 23.3 Å². The van der Waals surface area contributed by atoms with Gasteiger partial charge in [0, 0.05) is 11.1 Å². The number of fused-ring (bicyclic) bond motifs is 1. The Morgan fingerprint density at radius 3 is 2.50 bits per heavy atom. The molecule has 1 amide bonds. The smallest absolute Gasteiger partial charge is 0.260 e. The second-order valence-electron chi connectivity index (χ2n) is 6.64. The lowest BCUT2D eigenvalue weighted by molar-refractivity contribution is 0.0979. The van der Waals surface area contributed by atoms with Crippen LogP contribution in [0.1, 0.15) is 40.3 Å². The summed E-state index contributed by atoms with van der Waals surface area (Å²) < 4.78 is 12.1. The van der Waals surface area contributed by atoms with Crippen molar-refractivity contribution in [3.63, 3.8) is 0 Å². The summed E-state index contributed by atoms with van der Waals surface area (Å²) in [4.78, 5) is 31.2. The number of para-hydroxylation sites is 1. The topological polar surface area (TPSA) is 72.6 Å². The summed E-state index contributed by atoms with van der Waals surface area (Å²) in [5, 5.41) is 0.550. The van der Waals surface area contributed by atoms with E-state index >= 15 is 0 Å². The number of benzene rings is 2. The predicted molar refractivity (Wildman–Crippen MR) is 116 cm³/mol. The van der Waals surface area contributed by atoms with Crippen molar-refractivity contribution in [1.82, 2.24) is 4.98 Å². The third-order valence-electron chi connectivity index (χ3n) is 4.58. The van der Waals surface area contributed by atoms with E-state index in [4.69, 9.17) is 14.1 Å². The van der Waals surface area contributed by atoms with Gasteiger partial charge in [-0.05, 0) is 50.2 Å². The van der Waals surface area contributed by atoms with E-state index in [1.807, 2.05) is 31.2 Å². The van der Waals surface area contributed by atoms with Crippen molar-refractivity contribution < 1.29 is 18.7 Å². The quantitative estimate of drug-likeness (QED) is 0.378. The van der Waals surface area contributed by atoms with E-state index in [0.29, 0.717) is 34.4 Å². The van der Waals surface area contributed by atoms with E-state index in [1.54, 1.807) is 41.5 Å². The van der Waals surface area contributed by atoms with Gasteiger partial charge in [-0.1, -0.05) is 29.5 Å². The number of anilines is 1. The zero-order chi connectivity index (χ0) is 21.1. The van der Waals surface area contributed by atoms with Gasteiger partial charge in [-0.3, -0.25) is 14.5 Å². The molecule has 2 aromatic heterocycles. The largest absolute Gasteiger partial charge is 0.492 e. The first-order chi connectivity index (χ1) is 14.6. The highest BCUT2D eigenvalue weighted by molar-refractivity contribution is 7.22. The van der Waals surface area contributed by atoms with Crippen LogP contribution in [0.2, 0.25) is 0 Å². The van der Waals surface area contributed by atoms with Gasteiger partial charge in [0.1, 0.15) is 17.0 Å². The lowest BCUT2D eigenvalue weighted by atomic mass is 10.1. The van der Waals surface area contributed by atoms with Crippen LogP contribution in [0.15, 0.2) is 65.3 Å². The number of hydrogen-bond acceptors (Lipinski definition) is 6. The van der Waals surface area contributed by atoms with E-state index in [2.05, 4.69) is 0 Å². The lowest BCUT2D eigenvalue weighted by Gasteiger charge is -2.19. The number of amides is 1. The van der Waals surface area contributed by atoms with E-state index in [-0.39, 0.29) is 18.2 Å². The number of Topliss-reactive ketones (excluding diaryl/α,β-unsaturated/α-hetero) is 1. The van der Waals surface area contributed by atoms with Crippen molar-refractivity contribution in [3.8, 4) is 5.75 Å². The van der Waals surface area contributed by atoms with Gasteiger partial charge < -0.3 is 9.15 Å². The van der Waals surface area contributed by atoms with Crippen molar-refractivity contribution in [2.24, 2.45) is 0 Å². The fourth-order valence-corrected chi connectivity index (χ4v) is 4.07. The van der Waals surface area contributed by atoms with Gasteiger partial charge in [0.05, 0.1) is 24.1 Å². The molecule has 0 unspecified atom stereocenters. The molecule has 0 saturated carbocycles. The molecule has 2 aromatic carbocycles. The highest BCUT2D eigenvalue weighted by Crippen LogP contribution is 2.35. The number of carbonyl (C=O) groups is 2. The zero-order valence-corrected chi connectivity index (χ0v) is 17.4. The summed E-state index contributed by atoms with van der Waals surface area (Å²) in [6.45, 7) is 4.19. The molecule has 2 heterocycles. The molecular weight excluding hydrogens is 400 g/mol. The molecule has 0 fully saturated rings. The first-order valence-electron chi connectivity index (χ1n) is 9.54. The van der Waals surface area contributed by atoms with Gasteiger partial charge in [0.15, 0.2) is 10.9 Å². The Hall–Kier alpha value is -3.45. The highest BCUT2D eigenvalue weighted by atomic mass is 32.1. The van der Waals surface area contributed by atoms with Crippen LogP contribution >= 0.6 is 11.3 Å². The molecule has 0 radical (unpaired) electrons. The molecule has 4 rings (SSSR count). The van der Waals surface area contributed by atoms with Gasteiger partial charge in [0.25, 0.3) is 5.91 Å². The normalized spacial score (nSPS) is 10.9. The second-order valence-corrected chi connectivity index (χ2v) is 7.65. The fraction of sp³-hybridized carbons (Fsp3) is 0.174. The zero-order valence-electron chi connectivity index (χ0n) is 16.6. The molecule has 0 atom stereocenters. The molecule has 4 aromatic rings. The molecule has 0 spiro atoms. The maximum Gasteiger partial charge on any atom is 0.260 e. The van der Waals surface area contributed by atoms with Crippen LogP contribution in [0.25, 0.3) is 10.2 Å². The molecular formula is C23H20N2O4S. The maximum absolute atomic E-state index is 13.4. The Balaban J connectivity index is 1.74. The Morgan fingerprint density at radius 1 is 1.07 bits per heavy atom. The van der Waals surface area contributed by atoms with Crippen molar-refractivity contribution in [1.29, 1.82) is 0 Å². The van der Waals surface area contributed by atoms with Crippen molar-refractivity contribution >= 4 is 38.4 Å². The van der Waals surface area contributed by atoms with Gasteiger partial charge in [-0.25, -0.2) is 4.98 Å². The summed E-state index contributed by atoms with van der Waals surface area (Å²) in [7, 11) is 0. The van der Waals surface area contributed by atoms with Crippen molar-refractivity contribution in [2.75, 3.05) is 11.5 Å². The summed E-state index contributed by atoms with van der Waals surface area (Å²) in [5.41, 5.74) is 1.75. The summed E-state index contributed by atoms with van der Waals surface area (Å²) in [6.07, 6.45) is 1.57. The maximum atomic E-state index is 13.4. The summed E-state index contributed by atoms with van der Waals surface area (Å²) in [5.74, 6) is 1.07. The summed E-state index contributed by atoms with van der Waals surface area (Å²) in [6, 6.07) is 16.0. The first-order valence-corrected chi connectivity index (χ1v) is 10.4. The van der Waals surface area contributed by atoms with Crippen LogP contribution in [0.3, 0.4) is 0 Å². The molecule has 6 nitrogen and oxygen atoms in total. The minimum atomic E-state index is -0.224. The molecule has 0 aliphatic rings. The van der Waals surface area contributed by atoms with Crippen LogP contribution in [0, 0.1) is 0 Å². The Labute approximate surface area is 177 Å². The van der Waals surface area contributed by atoms with E-state index < -0.39 is 0 Å². The monoisotopic (exact) mass is 420 g/mol. The number of ether oxygens (including phenoxy) is 1. The first kappa shape index (κ1) is 19.8. The lowest BCUT2D eigenvalue weighted by Crippen LogP contribution is -2.30. The van der Waals surface area contributed by atoms with Gasteiger partial charge >= 0.3 is 0 Å². The molecule has 0 aliphatic carbocycles. The van der Waals surface area contributed by atoms with E-state index in [0.717, 1.165) is 10.2 Å². The standard InChI is InChI=1S/C23H20N2O4S/c1-3-28-19-7-4-8-20-21(19)24-23(30-20)25(14-18-6-5-13-29-18)22(27)17-11-9-16(10-12-17)15(2)26/h4-13H,3,14H2,1-2H3. The number of furan rings is 1. The Kier molecular flexibility index (Phi) is 5.63. The molecule has 7 heteroatoms. The molecule has 0 saturated heterocycles. The summed E-state index contributed by atoms with van der Waals surface area (Å²) >= 11 is 1.42. The molecule has 0 N–H and O–H groups in total. The van der Waals surface area contributed by atoms with Crippen LogP contribution < -0.4 is 9.64 Å². The van der Waals surface area contributed by atoms with Crippen LogP contribution in [0.4, 0.5) is 5.13 Å². The second kappa shape index (κ2) is 8.51. The van der Waals surface area contributed by atoms with Crippen LogP contribution in [0.5, 0.6) is 5.75 Å². The van der Waals surface area contributed by atoms with E-state index in [1.165, 1.54) is 18.3 Å². The number of nitrogens with zero attached hydrogens (tertiary/aromatic N) is 2. The third-order valence-corrected chi connectivity index (χ3v) is 5.62. The number of aromatic nitrogens is 1. The van der Waals surface area contributed by atoms with Gasteiger partial charge in [0.2, 0.25) is 0 Å². The SMILES string of the molecule is CCOc1cccc2sc(N(Cc3ccco3)C(=O)c3ccc(C(C)=O)cc3)nc12. The molecule has 152 valence electrons. The molecule has 0 bridgehead atoms. The molecule has 0 aliphatic heterocycles. The highest BCUT2D eigenvalue weighted by Gasteiger charge is 2.23. The van der Waals surface area contributed by atoms with Crippen molar-refractivity contribution in [2.45, 2.75) is 20.4 Å². The molecule has 30 heavy (non-hydrogen) atoms. The Morgan fingerprint density at radius 2 is 1.83 bits per heavy atom. The van der Waals surface area contributed by atoms with Gasteiger partial charge in [-0.2, -0.15) is 0 Å². The number of rotatable bonds is 7. The van der Waals surface area contributed by atoms with Crippen LogP contribution in [-0.2, 0) is 6.54 Å². The minimum Gasteiger partial charge on any atom is -0.492 e. The number of carbonyl (C=O) groups excluding carboxylic acids is 2. The van der Waals surface area contributed by atoms with E-state index in [9.17, 15) is 9.59 Å². The predicted octanol–water partition coefficient (Wildman–Crippen LogP) is 5.34. The number of thiazole rings is 1. The number of hydrogen-bond donors (Lipinski definition) is 0. The Bertz CT molecular complexity index is 1180. The van der Waals surface area contributed by atoms with Crippen molar-refractivity contribution in [3.05, 3.63) is 77.7 Å². The fourth-order valence-electron chi connectivity index (χ4n) is 3.09. The van der Waals surface area contributed by atoms with Gasteiger partial charge in [-0.15, -0.1) is 0 Å². The average molecular weight is 420 g/mol. The number of ketones is 1. The average Bonchev–Trinajstić information content (AvgIpc) is 3.42. The minimum absolute atomic E-state index is 0.0453. The third kappa shape index (κ3) is 3.97.